The summed E-state index contributed by atoms with van der Waals surface area (Å²) in [6.07, 6.45) is 0.881. The van der Waals surface area contributed by atoms with Gasteiger partial charge in [0.1, 0.15) is 5.75 Å². The minimum atomic E-state index is -0.248. The Balaban J connectivity index is 1.66. The number of morpholine rings is 1. The van der Waals surface area contributed by atoms with Crippen LogP contribution in [-0.4, -0.2) is 54.9 Å². The van der Waals surface area contributed by atoms with Crippen LogP contribution in [0.25, 0.3) is 0 Å². The van der Waals surface area contributed by atoms with Gasteiger partial charge in [0.15, 0.2) is 0 Å². The molecule has 1 aromatic carbocycles. The molecule has 1 saturated heterocycles. The van der Waals surface area contributed by atoms with Crippen molar-refractivity contribution in [2.24, 2.45) is 0 Å². The van der Waals surface area contributed by atoms with E-state index in [2.05, 4.69) is 15.9 Å². The first kappa shape index (κ1) is 16.3. The second-order valence-corrected chi connectivity index (χ2v) is 5.84. The predicted octanol–water partition coefficient (Wildman–Crippen LogP) is 1.83. The fourth-order valence-electron chi connectivity index (χ4n) is 2.16. The second kappa shape index (κ2) is 8.36. The van der Waals surface area contributed by atoms with Crippen LogP contribution in [0.4, 0.5) is 0 Å². The summed E-state index contributed by atoms with van der Waals surface area (Å²) in [4.78, 5) is 13.8. The van der Waals surface area contributed by atoms with Crippen LogP contribution in [0.5, 0.6) is 5.75 Å². The molecule has 0 aliphatic carbocycles. The van der Waals surface area contributed by atoms with Crippen molar-refractivity contribution in [3.8, 4) is 5.75 Å². The monoisotopic (exact) mass is 357 g/mol. The highest BCUT2D eigenvalue weighted by Gasteiger charge is 2.23. The summed E-state index contributed by atoms with van der Waals surface area (Å²) in [6.45, 7) is 2.04. The summed E-state index contributed by atoms with van der Waals surface area (Å²) in [7, 11) is 0. The average molecular weight is 358 g/mol. The van der Waals surface area contributed by atoms with Crippen molar-refractivity contribution >= 4 is 21.8 Å². The number of aliphatic hydroxyl groups excluding tert-OH is 1. The predicted molar refractivity (Wildman–Crippen MR) is 82.3 cm³/mol. The van der Waals surface area contributed by atoms with Crippen molar-refractivity contribution < 1.29 is 19.4 Å². The molecule has 1 amide bonds. The third-order valence-electron chi connectivity index (χ3n) is 3.31. The summed E-state index contributed by atoms with van der Waals surface area (Å²) in [5.74, 6) is 0.897. The van der Waals surface area contributed by atoms with E-state index in [1.54, 1.807) is 4.90 Å². The quantitative estimate of drug-likeness (QED) is 0.789. The minimum Gasteiger partial charge on any atom is -0.494 e. The number of nitrogens with zero attached hydrogens (tertiary/aromatic N) is 1. The van der Waals surface area contributed by atoms with E-state index in [1.807, 2.05) is 24.3 Å². The number of benzene rings is 1. The molecule has 1 unspecified atom stereocenters. The molecule has 0 bridgehead atoms. The Bertz CT molecular complexity index is 451. The number of carbonyl (C=O) groups excluding carboxylic acids is 1. The van der Waals surface area contributed by atoms with E-state index in [1.165, 1.54) is 0 Å². The zero-order valence-electron chi connectivity index (χ0n) is 11.8. The van der Waals surface area contributed by atoms with E-state index < -0.39 is 0 Å². The molecular formula is C15H20BrNO4. The van der Waals surface area contributed by atoms with Crippen molar-refractivity contribution in [3.05, 3.63) is 28.7 Å². The molecule has 2 rings (SSSR count). The van der Waals surface area contributed by atoms with Crippen molar-refractivity contribution in [2.75, 3.05) is 32.9 Å². The third-order valence-corrected chi connectivity index (χ3v) is 3.84. The Kier molecular flexibility index (Phi) is 6.48. The average Bonchev–Trinajstić information content (AvgIpc) is 2.53. The highest BCUT2D eigenvalue weighted by atomic mass is 79.9. The number of halogens is 1. The molecule has 1 N–H and O–H groups in total. The van der Waals surface area contributed by atoms with Gasteiger partial charge in [-0.25, -0.2) is 0 Å². The van der Waals surface area contributed by atoms with Crippen molar-refractivity contribution in [2.45, 2.75) is 18.9 Å². The largest absolute Gasteiger partial charge is 0.494 e. The fourth-order valence-corrected chi connectivity index (χ4v) is 2.42. The first-order valence-corrected chi connectivity index (χ1v) is 7.87. The molecule has 6 heteroatoms. The highest BCUT2D eigenvalue weighted by molar-refractivity contribution is 9.10. The topological polar surface area (TPSA) is 59.0 Å². The van der Waals surface area contributed by atoms with Crippen LogP contribution in [0.3, 0.4) is 0 Å². The summed E-state index contributed by atoms with van der Waals surface area (Å²) in [5, 5.41) is 9.06. The van der Waals surface area contributed by atoms with Crippen LogP contribution in [0.2, 0.25) is 0 Å². The summed E-state index contributed by atoms with van der Waals surface area (Å²) in [6, 6.07) is 7.62. The second-order valence-electron chi connectivity index (χ2n) is 4.92. The molecule has 1 aliphatic rings. The van der Waals surface area contributed by atoms with Gasteiger partial charge in [0.25, 0.3) is 0 Å². The van der Waals surface area contributed by atoms with Crippen LogP contribution < -0.4 is 4.74 Å². The van der Waals surface area contributed by atoms with Crippen LogP contribution >= 0.6 is 15.9 Å². The molecule has 0 radical (unpaired) electrons. The van der Waals surface area contributed by atoms with E-state index in [4.69, 9.17) is 14.6 Å². The van der Waals surface area contributed by atoms with Crippen LogP contribution in [-0.2, 0) is 9.53 Å². The summed E-state index contributed by atoms with van der Waals surface area (Å²) in [5.41, 5.74) is 0. The van der Waals surface area contributed by atoms with E-state index >= 15 is 0 Å². The van der Waals surface area contributed by atoms with E-state index in [0.29, 0.717) is 39.1 Å². The maximum Gasteiger partial charge on any atom is 0.222 e. The highest BCUT2D eigenvalue weighted by Crippen LogP contribution is 2.16. The number of aliphatic hydroxyl groups is 1. The number of carbonyl (C=O) groups is 1. The SMILES string of the molecule is O=C(CCCOc1ccc(Br)cc1)N1CCOC(CO)C1. The standard InChI is InChI=1S/C15H20BrNO4/c16-12-3-5-13(6-4-12)20-8-1-2-15(19)17-7-9-21-14(10-17)11-18/h3-6,14,18H,1-2,7-11H2. The first-order valence-electron chi connectivity index (χ1n) is 7.07. The molecule has 116 valence electrons. The molecule has 1 atom stereocenters. The normalized spacial score (nSPS) is 18.6. The van der Waals surface area contributed by atoms with Gasteiger partial charge in [-0.05, 0) is 30.7 Å². The number of amides is 1. The maximum atomic E-state index is 12.0. The van der Waals surface area contributed by atoms with E-state index in [-0.39, 0.29) is 18.6 Å². The van der Waals surface area contributed by atoms with Crippen molar-refractivity contribution in [1.29, 1.82) is 0 Å². The lowest BCUT2D eigenvalue weighted by atomic mass is 10.2. The molecule has 1 fully saturated rings. The Morgan fingerprint density at radius 2 is 2.19 bits per heavy atom. The zero-order chi connectivity index (χ0) is 15.1. The maximum absolute atomic E-state index is 12.0. The number of ether oxygens (including phenoxy) is 2. The van der Waals surface area contributed by atoms with Crippen LogP contribution in [0, 0.1) is 0 Å². The minimum absolute atomic E-state index is 0.0452. The molecule has 1 aliphatic heterocycles. The Morgan fingerprint density at radius 3 is 2.90 bits per heavy atom. The Hall–Kier alpha value is -1.11. The van der Waals surface area contributed by atoms with Gasteiger partial charge in [-0.3, -0.25) is 4.79 Å². The fraction of sp³-hybridized carbons (Fsp3) is 0.533. The molecule has 21 heavy (non-hydrogen) atoms. The zero-order valence-corrected chi connectivity index (χ0v) is 13.4. The lowest BCUT2D eigenvalue weighted by Crippen LogP contribution is -2.46. The van der Waals surface area contributed by atoms with Gasteiger partial charge in [0.05, 0.1) is 25.9 Å². The molecular weight excluding hydrogens is 338 g/mol. The van der Waals surface area contributed by atoms with Crippen LogP contribution in [0.1, 0.15) is 12.8 Å². The Morgan fingerprint density at radius 1 is 1.43 bits per heavy atom. The lowest BCUT2D eigenvalue weighted by molar-refractivity contribution is -0.140. The third kappa shape index (κ3) is 5.30. The first-order chi connectivity index (χ1) is 10.2. The number of hydrogen-bond donors (Lipinski definition) is 1. The molecule has 1 aromatic rings. The van der Waals surface area contributed by atoms with Gasteiger partial charge >= 0.3 is 0 Å². The van der Waals surface area contributed by atoms with Crippen molar-refractivity contribution in [1.82, 2.24) is 4.90 Å². The van der Waals surface area contributed by atoms with Gasteiger partial charge in [0, 0.05) is 24.0 Å². The number of hydrogen-bond acceptors (Lipinski definition) is 4. The number of rotatable bonds is 6. The van der Waals surface area contributed by atoms with E-state index in [0.717, 1.165) is 10.2 Å². The molecule has 1 heterocycles. The summed E-state index contributed by atoms with van der Waals surface area (Å²) >= 11 is 3.37. The van der Waals surface area contributed by atoms with Gasteiger partial charge in [-0.1, -0.05) is 15.9 Å². The van der Waals surface area contributed by atoms with Gasteiger partial charge < -0.3 is 19.5 Å². The summed E-state index contributed by atoms with van der Waals surface area (Å²) < 4.78 is 11.9. The van der Waals surface area contributed by atoms with Gasteiger partial charge in [-0.15, -0.1) is 0 Å². The molecule has 0 aromatic heterocycles. The molecule has 5 nitrogen and oxygen atoms in total. The molecule has 0 spiro atoms. The van der Waals surface area contributed by atoms with Gasteiger partial charge in [0.2, 0.25) is 5.91 Å². The lowest BCUT2D eigenvalue weighted by Gasteiger charge is -2.32. The van der Waals surface area contributed by atoms with Crippen molar-refractivity contribution in [3.63, 3.8) is 0 Å². The smallest absolute Gasteiger partial charge is 0.222 e. The van der Waals surface area contributed by atoms with E-state index in [9.17, 15) is 4.79 Å². The van der Waals surface area contributed by atoms with Crippen LogP contribution in [0.15, 0.2) is 28.7 Å². The Labute approximate surface area is 133 Å². The molecule has 0 saturated carbocycles. The van der Waals surface area contributed by atoms with Gasteiger partial charge in [-0.2, -0.15) is 0 Å².